The normalized spacial score (nSPS) is 9.73. The highest BCUT2D eigenvalue weighted by Gasteiger charge is 1.99. The van der Waals surface area contributed by atoms with E-state index in [2.05, 4.69) is 20.6 Å². The molecule has 5 nitrogen and oxygen atoms in total. The van der Waals surface area contributed by atoms with E-state index in [4.69, 9.17) is 0 Å². The number of anilines is 1. The summed E-state index contributed by atoms with van der Waals surface area (Å²) in [6.07, 6.45) is 1.96. The first-order valence-corrected chi connectivity index (χ1v) is 5.01. The molecule has 1 heterocycles. The summed E-state index contributed by atoms with van der Waals surface area (Å²) < 4.78 is 0. The molecular weight excluding hydrogens is 192 g/mol. The first-order chi connectivity index (χ1) is 7.22. The minimum absolute atomic E-state index is 0.0516. The van der Waals surface area contributed by atoms with E-state index in [0.717, 1.165) is 11.5 Å². The number of amides is 1. The quantitative estimate of drug-likeness (QED) is 0.748. The van der Waals surface area contributed by atoms with E-state index >= 15 is 0 Å². The summed E-state index contributed by atoms with van der Waals surface area (Å²) in [6, 6.07) is 1.84. The van der Waals surface area contributed by atoms with Crippen molar-refractivity contribution in [1.29, 1.82) is 0 Å². The molecule has 0 saturated heterocycles. The Labute approximate surface area is 89.3 Å². The Kier molecular flexibility index (Phi) is 4.53. The monoisotopic (exact) mass is 208 g/mol. The van der Waals surface area contributed by atoms with Crippen molar-refractivity contribution >= 4 is 11.7 Å². The van der Waals surface area contributed by atoms with Gasteiger partial charge < -0.3 is 10.6 Å². The average molecular weight is 208 g/mol. The zero-order chi connectivity index (χ0) is 11.1. The maximum Gasteiger partial charge on any atom is 0.221 e. The second-order valence-electron chi connectivity index (χ2n) is 3.17. The largest absolute Gasteiger partial charge is 0.369 e. The lowest BCUT2D eigenvalue weighted by Gasteiger charge is -2.05. The van der Waals surface area contributed by atoms with Crippen LogP contribution in [0.1, 0.15) is 19.0 Å². The standard InChI is InChI=1S/C10H16N4O/c1-3-11-10(15)4-5-12-9-6-8(2)13-7-14-9/h6-7H,3-5H2,1-2H3,(H,11,15)(H,12,13,14). The third-order valence-corrected chi connectivity index (χ3v) is 1.84. The Morgan fingerprint density at radius 2 is 2.27 bits per heavy atom. The topological polar surface area (TPSA) is 66.9 Å². The Morgan fingerprint density at radius 3 is 2.93 bits per heavy atom. The number of nitrogens with one attached hydrogen (secondary N) is 2. The molecule has 0 spiro atoms. The van der Waals surface area contributed by atoms with Gasteiger partial charge in [-0.25, -0.2) is 9.97 Å². The number of rotatable bonds is 5. The number of nitrogens with zero attached hydrogens (tertiary/aromatic N) is 2. The molecule has 0 radical (unpaired) electrons. The van der Waals surface area contributed by atoms with Crippen molar-refractivity contribution in [2.75, 3.05) is 18.4 Å². The molecule has 0 aliphatic carbocycles. The van der Waals surface area contributed by atoms with Crippen LogP contribution in [0.5, 0.6) is 0 Å². The number of hydrogen-bond donors (Lipinski definition) is 2. The molecule has 0 bridgehead atoms. The lowest BCUT2D eigenvalue weighted by Crippen LogP contribution is -2.24. The second kappa shape index (κ2) is 5.95. The van der Waals surface area contributed by atoms with E-state index in [1.807, 2.05) is 19.9 Å². The molecule has 1 aromatic heterocycles. The van der Waals surface area contributed by atoms with E-state index in [9.17, 15) is 4.79 Å². The van der Waals surface area contributed by atoms with Crippen LogP contribution < -0.4 is 10.6 Å². The molecule has 0 saturated carbocycles. The van der Waals surface area contributed by atoms with Gasteiger partial charge in [0.25, 0.3) is 0 Å². The zero-order valence-corrected chi connectivity index (χ0v) is 9.08. The smallest absolute Gasteiger partial charge is 0.221 e. The Bertz CT molecular complexity index is 327. The molecule has 5 heteroatoms. The van der Waals surface area contributed by atoms with E-state index in [0.29, 0.717) is 19.5 Å². The van der Waals surface area contributed by atoms with E-state index in [1.165, 1.54) is 6.33 Å². The van der Waals surface area contributed by atoms with Crippen LogP contribution >= 0.6 is 0 Å². The van der Waals surface area contributed by atoms with E-state index in [1.54, 1.807) is 0 Å². The number of aromatic nitrogens is 2. The summed E-state index contributed by atoms with van der Waals surface area (Å²) in [6.45, 7) is 5.06. The first-order valence-electron chi connectivity index (χ1n) is 5.01. The summed E-state index contributed by atoms with van der Waals surface area (Å²) in [5, 5.41) is 5.79. The highest BCUT2D eigenvalue weighted by Crippen LogP contribution is 2.01. The Balaban J connectivity index is 2.28. The van der Waals surface area contributed by atoms with Crippen LogP contribution in [0.4, 0.5) is 5.82 Å². The van der Waals surface area contributed by atoms with Crippen molar-refractivity contribution in [3.05, 3.63) is 18.1 Å². The van der Waals surface area contributed by atoms with Crippen LogP contribution in [0.2, 0.25) is 0 Å². The van der Waals surface area contributed by atoms with Gasteiger partial charge in [0, 0.05) is 31.3 Å². The molecular formula is C10H16N4O. The lowest BCUT2D eigenvalue weighted by molar-refractivity contribution is -0.120. The predicted molar refractivity (Wildman–Crippen MR) is 58.6 cm³/mol. The molecule has 82 valence electrons. The molecule has 15 heavy (non-hydrogen) atoms. The first kappa shape index (κ1) is 11.4. The zero-order valence-electron chi connectivity index (χ0n) is 9.08. The van der Waals surface area contributed by atoms with Gasteiger partial charge >= 0.3 is 0 Å². The number of aryl methyl sites for hydroxylation is 1. The average Bonchev–Trinajstić information content (AvgIpc) is 2.18. The van der Waals surface area contributed by atoms with Gasteiger partial charge in [-0.3, -0.25) is 4.79 Å². The SMILES string of the molecule is CCNC(=O)CCNc1cc(C)ncn1. The minimum Gasteiger partial charge on any atom is -0.369 e. The Morgan fingerprint density at radius 1 is 1.47 bits per heavy atom. The van der Waals surface area contributed by atoms with Crippen molar-refractivity contribution in [1.82, 2.24) is 15.3 Å². The predicted octanol–water partition coefficient (Wildman–Crippen LogP) is 0.723. The van der Waals surface area contributed by atoms with Crippen LogP contribution in [0.15, 0.2) is 12.4 Å². The highest BCUT2D eigenvalue weighted by molar-refractivity contribution is 5.76. The molecule has 0 aromatic carbocycles. The fourth-order valence-electron chi connectivity index (χ4n) is 1.14. The third-order valence-electron chi connectivity index (χ3n) is 1.84. The van der Waals surface area contributed by atoms with Gasteiger partial charge in [0.15, 0.2) is 0 Å². The van der Waals surface area contributed by atoms with Gasteiger partial charge in [-0.05, 0) is 13.8 Å². The second-order valence-corrected chi connectivity index (χ2v) is 3.17. The van der Waals surface area contributed by atoms with Crippen molar-refractivity contribution < 1.29 is 4.79 Å². The van der Waals surface area contributed by atoms with Crippen molar-refractivity contribution in [3.63, 3.8) is 0 Å². The van der Waals surface area contributed by atoms with Crippen LogP contribution in [-0.4, -0.2) is 29.0 Å². The van der Waals surface area contributed by atoms with Gasteiger partial charge in [-0.15, -0.1) is 0 Å². The fraction of sp³-hybridized carbons (Fsp3) is 0.500. The summed E-state index contributed by atoms with van der Waals surface area (Å²) in [7, 11) is 0. The van der Waals surface area contributed by atoms with Crippen LogP contribution in [-0.2, 0) is 4.79 Å². The molecule has 0 fully saturated rings. The van der Waals surface area contributed by atoms with E-state index < -0.39 is 0 Å². The van der Waals surface area contributed by atoms with Crippen molar-refractivity contribution in [3.8, 4) is 0 Å². The molecule has 1 rings (SSSR count). The van der Waals surface area contributed by atoms with Gasteiger partial charge in [-0.2, -0.15) is 0 Å². The molecule has 0 atom stereocenters. The summed E-state index contributed by atoms with van der Waals surface area (Å²) in [5.41, 5.74) is 0.908. The molecule has 2 N–H and O–H groups in total. The summed E-state index contributed by atoms with van der Waals surface area (Å²) in [5.74, 6) is 0.808. The molecule has 0 aliphatic heterocycles. The van der Waals surface area contributed by atoms with Crippen LogP contribution in [0, 0.1) is 6.92 Å². The van der Waals surface area contributed by atoms with Crippen molar-refractivity contribution in [2.45, 2.75) is 20.3 Å². The van der Waals surface area contributed by atoms with Crippen LogP contribution in [0.3, 0.4) is 0 Å². The highest BCUT2D eigenvalue weighted by atomic mass is 16.1. The van der Waals surface area contributed by atoms with Crippen molar-refractivity contribution in [2.24, 2.45) is 0 Å². The minimum atomic E-state index is 0.0516. The maximum absolute atomic E-state index is 11.1. The summed E-state index contributed by atoms with van der Waals surface area (Å²) >= 11 is 0. The number of hydrogen-bond acceptors (Lipinski definition) is 4. The number of carbonyl (C=O) groups excluding carboxylic acids is 1. The van der Waals surface area contributed by atoms with Gasteiger partial charge in [0.1, 0.15) is 12.1 Å². The van der Waals surface area contributed by atoms with Gasteiger partial charge in [0.05, 0.1) is 0 Å². The maximum atomic E-state index is 11.1. The van der Waals surface area contributed by atoms with E-state index in [-0.39, 0.29) is 5.91 Å². The van der Waals surface area contributed by atoms with Gasteiger partial charge in [-0.1, -0.05) is 0 Å². The number of carbonyl (C=O) groups is 1. The molecule has 0 aliphatic rings. The third kappa shape index (κ3) is 4.39. The van der Waals surface area contributed by atoms with Gasteiger partial charge in [0.2, 0.25) is 5.91 Å². The Hall–Kier alpha value is -1.65. The molecule has 1 aromatic rings. The van der Waals surface area contributed by atoms with Crippen LogP contribution in [0.25, 0.3) is 0 Å². The summed E-state index contributed by atoms with van der Waals surface area (Å²) in [4.78, 5) is 19.1. The fourth-order valence-corrected chi connectivity index (χ4v) is 1.14. The molecule has 0 unspecified atom stereocenters. The molecule has 1 amide bonds. The lowest BCUT2D eigenvalue weighted by atomic mass is 10.3.